The lowest BCUT2D eigenvalue weighted by atomic mass is 10.00. The smallest absolute Gasteiger partial charge is 0.345 e. The van der Waals surface area contributed by atoms with Crippen LogP contribution in [0.2, 0.25) is 0 Å². The molecule has 7 aromatic rings. The topological polar surface area (TPSA) is 102 Å². The summed E-state index contributed by atoms with van der Waals surface area (Å²) in [5, 5.41) is 14.3. The number of thiazole rings is 1. The molecule has 3 heterocycles. The third-order valence-electron chi connectivity index (χ3n) is 7.09. The molecule has 1 N–H and O–H groups in total. The summed E-state index contributed by atoms with van der Waals surface area (Å²) in [6, 6.07) is 32.3. The van der Waals surface area contributed by atoms with E-state index in [2.05, 4.69) is 15.5 Å². The van der Waals surface area contributed by atoms with E-state index in [1.54, 1.807) is 29.9 Å². The van der Waals surface area contributed by atoms with Crippen molar-refractivity contribution in [1.82, 2.24) is 14.8 Å². The normalized spacial score (nSPS) is 11.7. The molecule has 0 aliphatic carbocycles. The molecule has 0 amide bonds. The monoisotopic (exact) mass is 581 g/mol. The Balaban J connectivity index is 1.22. The number of fused-ring (bicyclic) bond motifs is 2. The number of aromatic nitrogens is 3. The van der Waals surface area contributed by atoms with Gasteiger partial charge in [0.1, 0.15) is 17.0 Å². The van der Waals surface area contributed by atoms with Crippen LogP contribution >= 0.6 is 11.3 Å². The van der Waals surface area contributed by atoms with Gasteiger partial charge in [0.05, 0.1) is 22.5 Å². The van der Waals surface area contributed by atoms with E-state index in [4.69, 9.17) is 9.52 Å². The number of hydrogen-bond acceptors (Lipinski definition) is 8. The molecule has 7 rings (SSSR count). The lowest BCUT2D eigenvalue weighted by Crippen LogP contribution is -2.13. The maximum atomic E-state index is 13.9. The minimum atomic E-state index is -0.468. The summed E-state index contributed by atoms with van der Waals surface area (Å²) >= 11 is 1.32. The van der Waals surface area contributed by atoms with Crippen LogP contribution in [0.5, 0.6) is 0 Å². The summed E-state index contributed by atoms with van der Waals surface area (Å²) in [7, 11) is 0. The molecule has 0 aliphatic heterocycles. The Morgan fingerprint density at radius 3 is 2.44 bits per heavy atom. The molecule has 0 bridgehead atoms. The molecule has 8 nitrogen and oxygen atoms in total. The molecule has 0 saturated heterocycles. The van der Waals surface area contributed by atoms with Crippen molar-refractivity contribution in [3.05, 3.63) is 142 Å². The maximum absolute atomic E-state index is 13.9. The van der Waals surface area contributed by atoms with Crippen LogP contribution in [0.1, 0.15) is 28.4 Å². The fraction of sp³-hybridized carbons (Fsp3) is 0.0294. The van der Waals surface area contributed by atoms with Crippen molar-refractivity contribution >= 4 is 49.7 Å². The maximum Gasteiger partial charge on any atom is 0.345 e. The predicted molar refractivity (Wildman–Crippen MR) is 170 cm³/mol. The van der Waals surface area contributed by atoms with Crippen molar-refractivity contribution < 1.29 is 9.21 Å². The number of benzene rings is 4. The average molecular weight is 582 g/mol. The van der Waals surface area contributed by atoms with Crippen LogP contribution < -0.4 is 11.1 Å². The van der Waals surface area contributed by atoms with Gasteiger partial charge in [-0.1, -0.05) is 72.8 Å². The minimum Gasteiger partial charge on any atom is -0.422 e. The van der Waals surface area contributed by atoms with Gasteiger partial charge in [-0.05, 0) is 48.0 Å². The first kappa shape index (κ1) is 26.2. The van der Waals surface area contributed by atoms with Crippen LogP contribution in [0.3, 0.4) is 0 Å². The third kappa shape index (κ3) is 5.13. The molecular weight excluding hydrogens is 558 g/mol. The number of hydrazone groups is 1. The molecule has 208 valence electrons. The van der Waals surface area contributed by atoms with Crippen LogP contribution in [0.25, 0.3) is 38.8 Å². The number of nitrogens with zero attached hydrogens (tertiary/aromatic N) is 4. The van der Waals surface area contributed by atoms with Gasteiger partial charge < -0.3 is 4.42 Å². The lowest BCUT2D eigenvalue weighted by Gasteiger charge is -2.03. The highest BCUT2D eigenvalue weighted by molar-refractivity contribution is 7.14. The van der Waals surface area contributed by atoms with Crippen LogP contribution in [0.4, 0.5) is 5.13 Å². The molecule has 0 saturated carbocycles. The number of nitrogens with one attached hydrogen (secondary N) is 1. The first-order valence-corrected chi connectivity index (χ1v) is 14.4. The average Bonchev–Trinajstić information content (AvgIpc) is 3.71. The molecule has 9 heteroatoms. The van der Waals surface area contributed by atoms with Crippen LogP contribution in [0, 0.1) is 0 Å². The molecule has 3 aromatic heterocycles. The summed E-state index contributed by atoms with van der Waals surface area (Å²) in [5.74, 6) is -0.151. The summed E-state index contributed by atoms with van der Waals surface area (Å²) < 4.78 is 7.13. The van der Waals surface area contributed by atoms with E-state index < -0.39 is 5.63 Å². The number of hydrogen-bond donors (Lipinski definition) is 1. The van der Waals surface area contributed by atoms with Gasteiger partial charge in [-0.15, -0.1) is 11.3 Å². The summed E-state index contributed by atoms with van der Waals surface area (Å²) in [6.45, 7) is 1.73. The zero-order valence-corrected chi connectivity index (χ0v) is 23.7. The molecule has 43 heavy (non-hydrogen) atoms. The van der Waals surface area contributed by atoms with Crippen LogP contribution in [-0.4, -0.2) is 26.3 Å². The van der Waals surface area contributed by atoms with Crippen molar-refractivity contribution in [2.24, 2.45) is 5.10 Å². The molecule has 0 radical (unpaired) electrons. The largest absolute Gasteiger partial charge is 0.422 e. The lowest BCUT2D eigenvalue weighted by molar-refractivity contribution is 0.103. The standard InChI is InChI=1S/C34H23N5O3S/c1-21(27-18-24-11-7-8-14-30(24)42-33(27)41)36-37-34-35-29(20-43-34)31-28(19-39(38-31)26-12-3-2-4-13-26)32(40)25-16-15-22-9-5-6-10-23(22)17-25/h2-20H,1H3,(H,35,37). The third-order valence-corrected chi connectivity index (χ3v) is 7.84. The number of ketones is 1. The number of anilines is 1. The Morgan fingerprint density at radius 2 is 1.60 bits per heavy atom. The second kappa shape index (κ2) is 11.0. The predicted octanol–water partition coefficient (Wildman–Crippen LogP) is 7.32. The zero-order chi connectivity index (χ0) is 29.3. The highest BCUT2D eigenvalue weighted by atomic mass is 32.1. The molecule has 0 atom stereocenters. The second-order valence-electron chi connectivity index (χ2n) is 9.89. The zero-order valence-electron chi connectivity index (χ0n) is 22.9. The highest BCUT2D eigenvalue weighted by Crippen LogP contribution is 2.30. The van der Waals surface area contributed by atoms with Gasteiger partial charge in [-0.25, -0.2) is 14.5 Å². The molecule has 0 fully saturated rings. The summed E-state index contributed by atoms with van der Waals surface area (Å²) in [4.78, 5) is 31.1. The van der Waals surface area contributed by atoms with Gasteiger partial charge in [0.15, 0.2) is 5.78 Å². The van der Waals surface area contributed by atoms with Gasteiger partial charge in [0.2, 0.25) is 5.13 Å². The van der Waals surface area contributed by atoms with Gasteiger partial charge in [0, 0.05) is 22.5 Å². The van der Waals surface area contributed by atoms with E-state index >= 15 is 0 Å². The Labute approximate surface area is 249 Å². The number of carbonyl (C=O) groups excluding carboxylic acids is 1. The molecule has 0 aliphatic rings. The van der Waals surface area contributed by atoms with Crippen molar-refractivity contribution in [3.63, 3.8) is 0 Å². The molecule has 0 unspecified atom stereocenters. The Bertz CT molecular complexity index is 2230. The molecular formula is C34H23N5O3S. The van der Waals surface area contributed by atoms with Crippen LogP contribution in [0.15, 0.2) is 129 Å². The quantitative estimate of drug-likeness (QED) is 0.0916. The molecule has 4 aromatic carbocycles. The van der Waals surface area contributed by atoms with Crippen molar-refractivity contribution in [3.8, 4) is 17.1 Å². The fourth-order valence-electron chi connectivity index (χ4n) is 4.87. The van der Waals surface area contributed by atoms with E-state index in [0.29, 0.717) is 44.5 Å². The summed E-state index contributed by atoms with van der Waals surface area (Å²) in [6.07, 6.45) is 1.75. The van der Waals surface area contributed by atoms with Gasteiger partial charge in [0.25, 0.3) is 0 Å². The Kier molecular flexibility index (Phi) is 6.69. The van der Waals surface area contributed by atoms with E-state index in [1.807, 2.05) is 96.4 Å². The van der Waals surface area contributed by atoms with Gasteiger partial charge in [-0.3, -0.25) is 10.2 Å². The van der Waals surface area contributed by atoms with E-state index in [0.717, 1.165) is 21.8 Å². The van der Waals surface area contributed by atoms with Gasteiger partial charge in [-0.2, -0.15) is 10.2 Å². The second-order valence-corrected chi connectivity index (χ2v) is 10.8. The first-order valence-electron chi connectivity index (χ1n) is 13.5. The Hall–Kier alpha value is -5.67. The SMILES string of the molecule is CC(=NNc1nc(-c2nn(-c3ccccc3)cc2C(=O)c2ccc3ccccc3c2)cs1)c1cc2ccccc2oc1=O. The number of carbonyl (C=O) groups is 1. The summed E-state index contributed by atoms with van der Waals surface area (Å²) in [5.41, 5.74) is 6.62. The Morgan fingerprint density at radius 1 is 0.860 bits per heavy atom. The fourth-order valence-corrected chi connectivity index (χ4v) is 5.51. The minimum absolute atomic E-state index is 0.151. The van der Waals surface area contributed by atoms with E-state index in [9.17, 15) is 9.59 Å². The van der Waals surface area contributed by atoms with E-state index in [1.165, 1.54) is 11.3 Å². The van der Waals surface area contributed by atoms with E-state index in [-0.39, 0.29) is 5.78 Å². The van der Waals surface area contributed by atoms with Gasteiger partial charge >= 0.3 is 5.63 Å². The number of para-hydroxylation sites is 2. The highest BCUT2D eigenvalue weighted by Gasteiger charge is 2.22. The van der Waals surface area contributed by atoms with Crippen molar-refractivity contribution in [1.29, 1.82) is 0 Å². The number of rotatable bonds is 7. The first-order chi connectivity index (χ1) is 21.0. The molecule has 0 spiro atoms. The van der Waals surface area contributed by atoms with Crippen molar-refractivity contribution in [2.45, 2.75) is 6.92 Å². The van der Waals surface area contributed by atoms with Crippen LogP contribution in [-0.2, 0) is 0 Å². The van der Waals surface area contributed by atoms with Crippen molar-refractivity contribution in [2.75, 3.05) is 5.43 Å².